The van der Waals surface area contributed by atoms with Crippen molar-refractivity contribution in [2.24, 2.45) is 5.73 Å². The van der Waals surface area contributed by atoms with Gasteiger partial charge in [0.1, 0.15) is 0 Å². The first kappa shape index (κ1) is 11.4. The lowest BCUT2D eigenvalue weighted by atomic mass is 10.1. The second kappa shape index (κ2) is 4.81. The zero-order valence-corrected chi connectivity index (χ0v) is 10.2. The van der Waals surface area contributed by atoms with Crippen LogP contribution in [-0.2, 0) is 0 Å². The van der Waals surface area contributed by atoms with Crippen LogP contribution in [0.4, 0.5) is 0 Å². The molecule has 2 saturated heterocycles. The van der Waals surface area contributed by atoms with E-state index in [0.29, 0.717) is 6.04 Å². The van der Waals surface area contributed by atoms with Gasteiger partial charge in [0.2, 0.25) is 0 Å². The van der Waals surface area contributed by atoms with Crippen LogP contribution < -0.4 is 5.73 Å². The molecular formula is C12H25N3. The lowest BCUT2D eigenvalue weighted by molar-refractivity contribution is 0.147. The van der Waals surface area contributed by atoms with Crippen molar-refractivity contribution in [1.82, 2.24) is 9.80 Å². The molecule has 2 rings (SSSR count). The largest absolute Gasteiger partial charge is 0.329 e. The maximum Gasteiger partial charge on any atom is 0.0229 e. The summed E-state index contributed by atoms with van der Waals surface area (Å²) in [6.45, 7) is 9.05. The standard InChI is InChI=1S/C12H25N3/c1-10(2)15-11-3-4-12(15)9-14(7-5-11)8-6-13/h10-12H,3-9,13H2,1-2H3. The molecule has 3 nitrogen and oxygen atoms in total. The van der Waals surface area contributed by atoms with E-state index >= 15 is 0 Å². The van der Waals surface area contributed by atoms with Crippen LogP contribution in [0.25, 0.3) is 0 Å². The van der Waals surface area contributed by atoms with Gasteiger partial charge in [-0.2, -0.15) is 0 Å². The summed E-state index contributed by atoms with van der Waals surface area (Å²) in [6, 6.07) is 2.35. The smallest absolute Gasteiger partial charge is 0.0229 e. The van der Waals surface area contributed by atoms with Gasteiger partial charge in [-0.3, -0.25) is 4.90 Å². The average Bonchev–Trinajstić information content (AvgIpc) is 2.46. The quantitative estimate of drug-likeness (QED) is 0.752. The number of hydrogen-bond acceptors (Lipinski definition) is 3. The summed E-state index contributed by atoms with van der Waals surface area (Å²) in [7, 11) is 0. The fourth-order valence-corrected chi connectivity index (χ4v) is 3.41. The normalized spacial score (nSPS) is 33.6. The fourth-order valence-electron chi connectivity index (χ4n) is 3.41. The molecule has 0 aromatic heterocycles. The van der Waals surface area contributed by atoms with E-state index in [0.717, 1.165) is 25.2 Å². The predicted octanol–water partition coefficient (Wildman–Crippen LogP) is 0.892. The molecule has 3 heteroatoms. The van der Waals surface area contributed by atoms with Crippen molar-refractivity contribution >= 4 is 0 Å². The van der Waals surface area contributed by atoms with Gasteiger partial charge in [-0.05, 0) is 39.7 Å². The van der Waals surface area contributed by atoms with Crippen molar-refractivity contribution in [2.75, 3.05) is 26.2 Å². The van der Waals surface area contributed by atoms with E-state index in [1.54, 1.807) is 0 Å². The highest BCUT2D eigenvalue weighted by molar-refractivity contribution is 4.94. The molecule has 2 unspecified atom stereocenters. The molecule has 2 aliphatic heterocycles. The molecule has 0 amide bonds. The molecule has 0 aromatic rings. The third kappa shape index (κ3) is 2.35. The lowest BCUT2D eigenvalue weighted by Gasteiger charge is -2.32. The number of hydrogen-bond donors (Lipinski definition) is 1. The van der Waals surface area contributed by atoms with Crippen molar-refractivity contribution in [3.8, 4) is 0 Å². The minimum atomic E-state index is 0.709. The summed E-state index contributed by atoms with van der Waals surface area (Å²) in [4.78, 5) is 5.30. The van der Waals surface area contributed by atoms with E-state index in [1.807, 2.05) is 0 Å². The Bertz CT molecular complexity index is 205. The number of fused-ring (bicyclic) bond motifs is 2. The van der Waals surface area contributed by atoms with Crippen LogP contribution in [0.15, 0.2) is 0 Å². The summed E-state index contributed by atoms with van der Waals surface area (Å²) >= 11 is 0. The van der Waals surface area contributed by atoms with Gasteiger partial charge in [-0.25, -0.2) is 0 Å². The monoisotopic (exact) mass is 211 g/mol. The number of nitrogens with two attached hydrogens (primary N) is 1. The highest BCUT2D eigenvalue weighted by Crippen LogP contribution is 2.31. The maximum atomic E-state index is 5.65. The molecule has 2 aliphatic rings. The average molecular weight is 211 g/mol. The molecule has 0 saturated carbocycles. The molecule has 88 valence electrons. The van der Waals surface area contributed by atoms with Crippen LogP contribution in [0, 0.1) is 0 Å². The summed E-state index contributed by atoms with van der Waals surface area (Å²) in [6.07, 6.45) is 4.15. The number of rotatable bonds is 3. The van der Waals surface area contributed by atoms with Gasteiger partial charge in [0, 0.05) is 37.8 Å². The summed E-state index contributed by atoms with van der Waals surface area (Å²) in [5.74, 6) is 0. The minimum absolute atomic E-state index is 0.709. The van der Waals surface area contributed by atoms with E-state index in [9.17, 15) is 0 Å². The van der Waals surface area contributed by atoms with Crippen molar-refractivity contribution in [3.63, 3.8) is 0 Å². The van der Waals surface area contributed by atoms with Crippen molar-refractivity contribution in [3.05, 3.63) is 0 Å². The van der Waals surface area contributed by atoms with E-state index in [2.05, 4.69) is 23.6 Å². The summed E-state index contributed by atoms with van der Waals surface area (Å²) in [5, 5.41) is 0. The fraction of sp³-hybridized carbons (Fsp3) is 1.00. The predicted molar refractivity (Wildman–Crippen MR) is 63.9 cm³/mol. The van der Waals surface area contributed by atoms with Crippen LogP contribution in [0.5, 0.6) is 0 Å². The van der Waals surface area contributed by atoms with E-state index < -0.39 is 0 Å². The molecule has 2 atom stereocenters. The Morgan fingerprint density at radius 2 is 1.93 bits per heavy atom. The molecule has 15 heavy (non-hydrogen) atoms. The van der Waals surface area contributed by atoms with E-state index in [-0.39, 0.29) is 0 Å². The first-order valence-corrected chi connectivity index (χ1v) is 6.42. The molecule has 2 fully saturated rings. The van der Waals surface area contributed by atoms with Crippen molar-refractivity contribution in [2.45, 2.75) is 51.2 Å². The topological polar surface area (TPSA) is 32.5 Å². The number of nitrogens with zero attached hydrogens (tertiary/aromatic N) is 2. The first-order chi connectivity index (χ1) is 7.22. The van der Waals surface area contributed by atoms with Crippen molar-refractivity contribution < 1.29 is 0 Å². The van der Waals surface area contributed by atoms with E-state index in [1.165, 1.54) is 32.4 Å². The van der Waals surface area contributed by atoms with Gasteiger partial charge in [0.05, 0.1) is 0 Å². The van der Waals surface area contributed by atoms with Gasteiger partial charge in [0.15, 0.2) is 0 Å². The minimum Gasteiger partial charge on any atom is -0.329 e. The zero-order chi connectivity index (χ0) is 10.8. The highest BCUT2D eigenvalue weighted by atomic mass is 15.3. The zero-order valence-electron chi connectivity index (χ0n) is 10.2. The highest BCUT2D eigenvalue weighted by Gasteiger charge is 2.37. The Balaban J connectivity index is 2.01. The van der Waals surface area contributed by atoms with Crippen LogP contribution in [0.2, 0.25) is 0 Å². The second-order valence-electron chi connectivity index (χ2n) is 5.30. The Hall–Kier alpha value is -0.120. The third-order valence-corrected chi connectivity index (χ3v) is 3.97. The van der Waals surface area contributed by atoms with Gasteiger partial charge in [-0.1, -0.05) is 0 Å². The Kier molecular flexibility index (Phi) is 3.65. The second-order valence-corrected chi connectivity index (χ2v) is 5.30. The molecule has 2 N–H and O–H groups in total. The first-order valence-electron chi connectivity index (χ1n) is 6.42. The third-order valence-electron chi connectivity index (χ3n) is 3.97. The number of likely N-dealkylation sites (tertiary alicyclic amines) is 1. The molecule has 2 bridgehead atoms. The van der Waals surface area contributed by atoms with E-state index in [4.69, 9.17) is 5.73 Å². The van der Waals surface area contributed by atoms with Gasteiger partial charge < -0.3 is 10.6 Å². The Morgan fingerprint density at radius 3 is 2.60 bits per heavy atom. The molecule has 0 spiro atoms. The summed E-state index contributed by atoms with van der Waals surface area (Å²) in [5.41, 5.74) is 5.65. The Labute approximate surface area is 93.6 Å². The van der Waals surface area contributed by atoms with Crippen LogP contribution >= 0.6 is 0 Å². The van der Waals surface area contributed by atoms with Gasteiger partial charge in [0.25, 0.3) is 0 Å². The van der Waals surface area contributed by atoms with Gasteiger partial charge in [-0.15, -0.1) is 0 Å². The van der Waals surface area contributed by atoms with Crippen LogP contribution in [0.1, 0.15) is 33.1 Å². The molecule has 0 aromatic carbocycles. The summed E-state index contributed by atoms with van der Waals surface area (Å²) < 4.78 is 0. The Morgan fingerprint density at radius 1 is 1.20 bits per heavy atom. The maximum absolute atomic E-state index is 5.65. The van der Waals surface area contributed by atoms with Crippen molar-refractivity contribution in [1.29, 1.82) is 0 Å². The lowest BCUT2D eigenvalue weighted by Crippen LogP contribution is -2.43. The molecule has 0 radical (unpaired) electrons. The molecule has 2 heterocycles. The van der Waals surface area contributed by atoms with Crippen LogP contribution in [0.3, 0.4) is 0 Å². The van der Waals surface area contributed by atoms with Gasteiger partial charge >= 0.3 is 0 Å². The SMILES string of the molecule is CC(C)N1C2CCC1CN(CCN)CC2. The molecule has 0 aliphatic carbocycles. The van der Waals surface area contributed by atoms with Crippen LogP contribution in [-0.4, -0.2) is 54.1 Å². The molecular weight excluding hydrogens is 186 g/mol.